The molecule has 0 fully saturated rings. The van der Waals surface area contributed by atoms with E-state index in [0.29, 0.717) is 36.0 Å². The molecule has 38 heavy (non-hydrogen) atoms. The van der Waals surface area contributed by atoms with Crippen LogP contribution in [0.2, 0.25) is 18.1 Å². The van der Waals surface area contributed by atoms with Crippen molar-refractivity contribution in [1.82, 2.24) is 0 Å². The summed E-state index contributed by atoms with van der Waals surface area (Å²) < 4.78 is 103. The predicted octanol–water partition coefficient (Wildman–Crippen LogP) is 7.42. The molecule has 0 aromatic heterocycles. The highest BCUT2D eigenvalue weighted by molar-refractivity contribution is 7.92. The third-order valence-corrected chi connectivity index (χ3v) is 14.2. The number of halogens is 5. The van der Waals surface area contributed by atoms with Crippen molar-refractivity contribution in [3.63, 3.8) is 0 Å². The van der Waals surface area contributed by atoms with Gasteiger partial charge in [-0.1, -0.05) is 26.8 Å². The van der Waals surface area contributed by atoms with Crippen LogP contribution in [0.5, 0.6) is 0 Å². The predicted molar refractivity (Wildman–Crippen MR) is 135 cm³/mol. The van der Waals surface area contributed by atoms with Gasteiger partial charge in [-0.05, 0) is 77.8 Å². The van der Waals surface area contributed by atoms with E-state index in [4.69, 9.17) is 4.43 Å². The molecule has 2 aliphatic carbocycles. The molecule has 0 N–H and O–H groups in total. The van der Waals surface area contributed by atoms with E-state index in [2.05, 4.69) is 0 Å². The molecule has 0 saturated heterocycles. The molecule has 0 bridgehead atoms. The lowest BCUT2D eigenvalue weighted by molar-refractivity contribution is -0.0437. The number of sulfone groups is 1. The van der Waals surface area contributed by atoms with Crippen LogP contribution in [-0.4, -0.2) is 28.4 Å². The molecule has 4 nitrogen and oxygen atoms in total. The van der Waals surface area contributed by atoms with Crippen LogP contribution in [-0.2, 0) is 27.1 Å². The summed E-state index contributed by atoms with van der Waals surface area (Å²) in [5, 5.41) is 9.30. The van der Waals surface area contributed by atoms with Gasteiger partial charge in [-0.2, -0.15) is 18.4 Å². The molecule has 0 spiro atoms. The minimum atomic E-state index is -5.81. The summed E-state index contributed by atoms with van der Waals surface area (Å²) in [6.07, 6.45) is -1.93. The second-order valence-electron chi connectivity index (χ2n) is 11.6. The van der Waals surface area contributed by atoms with Crippen LogP contribution in [0.3, 0.4) is 0 Å². The van der Waals surface area contributed by atoms with E-state index in [1.807, 2.05) is 39.9 Å². The highest BCUT2D eigenvalue weighted by Crippen LogP contribution is 2.51. The van der Waals surface area contributed by atoms with Gasteiger partial charge < -0.3 is 4.43 Å². The molecule has 4 rings (SSSR count). The fourth-order valence-electron chi connectivity index (χ4n) is 5.33. The van der Waals surface area contributed by atoms with Gasteiger partial charge in [0, 0.05) is 17.9 Å². The number of fused-ring (bicyclic) bond motifs is 2. The Bertz CT molecular complexity index is 1420. The van der Waals surface area contributed by atoms with Gasteiger partial charge >= 0.3 is 5.51 Å². The van der Waals surface area contributed by atoms with Crippen molar-refractivity contribution in [1.29, 1.82) is 5.26 Å². The van der Waals surface area contributed by atoms with Crippen molar-refractivity contribution in [2.45, 2.75) is 93.2 Å². The van der Waals surface area contributed by atoms with Gasteiger partial charge in [0.15, 0.2) is 8.32 Å². The molecule has 0 heterocycles. The van der Waals surface area contributed by atoms with E-state index in [0.717, 1.165) is 12.1 Å². The van der Waals surface area contributed by atoms with Gasteiger partial charge in [0.25, 0.3) is 9.84 Å². The van der Waals surface area contributed by atoms with E-state index < -0.39 is 57.6 Å². The zero-order valence-corrected chi connectivity index (χ0v) is 23.7. The van der Waals surface area contributed by atoms with E-state index in [1.165, 1.54) is 12.1 Å². The molecule has 3 atom stereocenters. The molecular weight excluding hydrogens is 541 g/mol. The van der Waals surface area contributed by atoms with Crippen LogP contribution in [0.1, 0.15) is 79.0 Å². The van der Waals surface area contributed by atoms with Crippen molar-refractivity contribution in [2.75, 3.05) is 0 Å². The minimum absolute atomic E-state index is 0.106. The summed E-state index contributed by atoms with van der Waals surface area (Å²) in [4.78, 5) is -0.997. The highest BCUT2D eigenvalue weighted by atomic mass is 32.2. The fourth-order valence-corrected chi connectivity index (χ4v) is 7.61. The maximum Gasteiger partial charge on any atom is 0.501 e. The Hall–Kier alpha value is -2.29. The van der Waals surface area contributed by atoms with Crippen molar-refractivity contribution < 1.29 is 34.8 Å². The zero-order chi connectivity index (χ0) is 28.4. The molecular formula is C27H30F5NO3SSi. The van der Waals surface area contributed by atoms with Crippen molar-refractivity contribution in [3.05, 3.63) is 63.5 Å². The van der Waals surface area contributed by atoms with Crippen LogP contribution in [0.25, 0.3) is 0 Å². The average molecular weight is 572 g/mol. The molecule has 0 saturated carbocycles. The monoisotopic (exact) mass is 571 g/mol. The Morgan fingerprint density at radius 2 is 1.76 bits per heavy atom. The molecule has 206 valence electrons. The Labute approximate surface area is 220 Å². The van der Waals surface area contributed by atoms with Crippen molar-refractivity contribution in [3.8, 4) is 6.07 Å². The largest absolute Gasteiger partial charge is 0.501 e. The Morgan fingerprint density at radius 3 is 2.34 bits per heavy atom. The second kappa shape index (κ2) is 9.42. The summed E-state index contributed by atoms with van der Waals surface area (Å²) >= 11 is 0. The first-order valence-electron chi connectivity index (χ1n) is 12.4. The van der Waals surface area contributed by atoms with Crippen LogP contribution < -0.4 is 0 Å². The standard InChI is InChI=1S/C27H30F5NO3SSi/c1-26(2,3)38(4,5)36-25-21(29)13-20-18(9-10-22(24(20)25)37(34,35)27(30,31)32)19-8-6-7-15-11-17(28)12-16(14-33)23(15)19/h9-12,19,21,25H,6-8,13H2,1-5H3/t19-,21-,25-/m1/s1. The van der Waals surface area contributed by atoms with Crippen molar-refractivity contribution >= 4 is 18.2 Å². The lowest BCUT2D eigenvalue weighted by atomic mass is 9.75. The molecule has 0 aliphatic heterocycles. The quantitative estimate of drug-likeness (QED) is 0.283. The van der Waals surface area contributed by atoms with Gasteiger partial charge in [0.1, 0.15) is 18.1 Å². The maximum atomic E-state index is 15.7. The number of hydrogen-bond donors (Lipinski definition) is 0. The Kier molecular flexibility index (Phi) is 7.12. The molecule has 0 amide bonds. The van der Waals surface area contributed by atoms with Gasteiger partial charge in [0.05, 0.1) is 16.5 Å². The summed E-state index contributed by atoms with van der Waals surface area (Å²) in [7, 11) is -8.55. The van der Waals surface area contributed by atoms with Gasteiger partial charge in [-0.15, -0.1) is 0 Å². The smallest absolute Gasteiger partial charge is 0.407 e. The fraction of sp³-hybridized carbons (Fsp3) is 0.519. The van der Waals surface area contributed by atoms with Gasteiger partial charge in [0.2, 0.25) is 0 Å². The van der Waals surface area contributed by atoms with Gasteiger partial charge in [-0.25, -0.2) is 17.2 Å². The summed E-state index contributed by atoms with van der Waals surface area (Å²) in [6, 6.07) is 6.64. The number of benzene rings is 2. The lowest BCUT2D eigenvalue weighted by Crippen LogP contribution is -2.43. The summed E-state index contributed by atoms with van der Waals surface area (Å²) in [5.74, 6) is -1.09. The number of nitrogens with zero attached hydrogens (tertiary/aromatic N) is 1. The number of alkyl halides is 4. The molecule has 11 heteroatoms. The second-order valence-corrected chi connectivity index (χ2v) is 18.3. The third kappa shape index (κ3) is 4.69. The zero-order valence-electron chi connectivity index (χ0n) is 21.8. The molecule has 2 aromatic rings. The van der Waals surface area contributed by atoms with E-state index in [9.17, 15) is 31.2 Å². The van der Waals surface area contributed by atoms with Crippen LogP contribution in [0.4, 0.5) is 22.0 Å². The topological polar surface area (TPSA) is 67.2 Å². The average Bonchev–Trinajstić information content (AvgIpc) is 3.11. The number of aryl methyl sites for hydroxylation is 1. The third-order valence-electron chi connectivity index (χ3n) is 8.20. The number of nitriles is 1. The van der Waals surface area contributed by atoms with E-state index in [1.54, 1.807) is 0 Å². The molecule has 2 aliphatic rings. The maximum absolute atomic E-state index is 15.7. The van der Waals surface area contributed by atoms with E-state index in [-0.39, 0.29) is 23.1 Å². The summed E-state index contributed by atoms with van der Waals surface area (Å²) in [5.41, 5.74) is -3.98. The van der Waals surface area contributed by atoms with Crippen LogP contribution in [0, 0.1) is 17.1 Å². The highest BCUT2D eigenvalue weighted by Gasteiger charge is 2.52. The number of rotatable bonds is 4. The first-order chi connectivity index (χ1) is 17.4. The van der Waals surface area contributed by atoms with Crippen molar-refractivity contribution in [2.24, 2.45) is 0 Å². The molecule has 0 unspecified atom stereocenters. The first-order valence-corrected chi connectivity index (χ1v) is 16.8. The SMILES string of the molecule is CC(C)(C)[Si](C)(C)O[C@H]1c2c(S(=O)(=O)C(F)(F)F)ccc([C@H]3CCCc4cc(F)cc(C#N)c43)c2C[C@H]1F. The van der Waals surface area contributed by atoms with E-state index >= 15 is 4.39 Å². The first kappa shape index (κ1) is 28.7. The summed E-state index contributed by atoms with van der Waals surface area (Å²) in [6.45, 7) is 9.34. The van der Waals surface area contributed by atoms with Crippen LogP contribution >= 0.6 is 0 Å². The van der Waals surface area contributed by atoms with Crippen LogP contribution in [0.15, 0.2) is 29.2 Å². The molecule has 2 aromatic carbocycles. The Balaban J connectivity index is 1.98. The minimum Gasteiger partial charge on any atom is -0.407 e. The normalized spacial score (nSPS) is 22.1. The molecule has 0 radical (unpaired) electrons. The van der Waals surface area contributed by atoms with Gasteiger partial charge in [-0.3, -0.25) is 0 Å². The Morgan fingerprint density at radius 1 is 1.11 bits per heavy atom. The number of hydrogen-bond acceptors (Lipinski definition) is 4. The lowest BCUT2D eigenvalue weighted by Gasteiger charge is -2.39.